The van der Waals surface area contributed by atoms with Gasteiger partial charge in [-0.3, -0.25) is 14.5 Å². The van der Waals surface area contributed by atoms with Crippen molar-refractivity contribution in [2.45, 2.75) is 70.1 Å². The summed E-state index contributed by atoms with van der Waals surface area (Å²) < 4.78 is 4.81. The van der Waals surface area contributed by atoms with Crippen LogP contribution in [0.5, 0.6) is 0 Å². The molecule has 2 amide bonds. The average molecular weight is 382 g/mol. The summed E-state index contributed by atoms with van der Waals surface area (Å²) in [6.07, 6.45) is 7.52. The Kier molecular flexibility index (Phi) is 7.49. The van der Waals surface area contributed by atoms with Crippen molar-refractivity contribution in [3.05, 3.63) is 0 Å². The molecule has 3 aliphatic heterocycles. The molecule has 1 saturated carbocycles. The van der Waals surface area contributed by atoms with Crippen LogP contribution in [0.15, 0.2) is 0 Å². The van der Waals surface area contributed by atoms with E-state index in [0.717, 1.165) is 71.1 Å². The predicted octanol–water partition coefficient (Wildman–Crippen LogP) is 0.852. The number of hydrogen-bond donors (Lipinski definition) is 1. The van der Waals surface area contributed by atoms with Crippen LogP contribution in [0.2, 0.25) is 0 Å². The van der Waals surface area contributed by atoms with E-state index >= 15 is 0 Å². The van der Waals surface area contributed by atoms with Crippen LogP contribution in [0.25, 0.3) is 0 Å². The first kappa shape index (κ1) is 20.6. The molecule has 1 unspecified atom stereocenters. The number of hydrogen-bond acceptors (Lipinski definition) is 5. The van der Waals surface area contributed by atoms with Gasteiger partial charge in [-0.2, -0.15) is 0 Å². The molecule has 1 N–H and O–H groups in total. The van der Waals surface area contributed by atoms with E-state index in [4.69, 9.17) is 9.84 Å². The summed E-state index contributed by atoms with van der Waals surface area (Å²) in [7, 11) is 0. The Morgan fingerprint density at radius 2 is 1.74 bits per heavy atom. The van der Waals surface area contributed by atoms with Crippen LogP contribution in [-0.4, -0.2) is 95.7 Å². The van der Waals surface area contributed by atoms with Gasteiger partial charge in [-0.25, -0.2) is 0 Å². The minimum absolute atomic E-state index is 0.0387. The van der Waals surface area contributed by atoms with E-state index < -0.39 is 0 Å². The Balaban J connectivity index is 0.000000299. The van der Waals surface area contributed by atoms with Crippen molar-refractivity contribution in [1.82, 2.24) is 14.7 Å². The normalized spacial score (nSPS) is 29.7. The highest BCUT2D eigenvalue weighted by molar-refractivity contribution is 5.87. The first-order chi connectivity index (χ1) is 13.1. The molecule has 2 atom stereocenters. The number of likely N-dealkylation sites (tertiary alicyclic amines) is 1. The van der Waals surface area contributed by atoms with Crippen molar-refractivity contribution < 1.29 is 19.4 Å². The topological polar surface area (TPSA) is 73.3 Å². The summed E-state index contributed by atoms with van der Waals surface area (Å²) in [5.41, 5.74) is 0. The van der Waals surface area contributed by atoms with Gasteiger partial charge < -0.3 is 19.6 Å². The molecule has 1 aliphatic carbocycles. The standard InChI is InChI=1S/C16H27N3O2.C4H8O2/c1-13(20)19-10-3-7-15(19)16(21)18-9-4-8-17(11-12-18)14-5-2-6-14;5-4-1-2-6-3-4/h14-15H,2-12H2,1H3;4-5H,1-3H2/t15-;/m1./s1. The lowest BCUT2D eigenvalue weighted by atomic mass is 9.91. The molecule has 0 aromatic heterocycles. The van der Waals surface area contributed by atoms with Crippen molar-refractivity contribution in [1.29, 1.82) is 0 Å². The predicted molar refractivity (Wildman–Crippen MR) is 102 cm³/mol. The molecule has 0 aromatic carbocycles. The van der Waals surface area contributed by atoms with Gasteiger partial charge in [-0.05, 0) is 38.5 Å². The molecule has 3 saturated heterocycles. The Morgan fingerprint density at radius 1 is 0.926 bits per heavy atom. The van der Waals surface area contributed by atoms with Crippen LogP contribution >= 0.6 is 0 Å². The lowest BCUT2D eigenvalue weighted by molar-refractivity contribution is -0.142. The summed E-state index contributed by atoms with van der Waals surface area (Å²) in [4.78, 5) is 30.7. The summed E-state index contributed by atoms with van der Waals surface area (Å²) in [6, 6.07) is 0.568. The number of amides is 2. The maximum Gasteiger partial charge on any atom is 0.245 e. The number of carbonyl (C=O) groups is 2. The van der Waals surface area contributed by atoms with Crippen LogP contribution in [0.4, 0.5) is 0 Å². The maximum atomic E-state index is 12.7. The largest absolute Gasteiger partial charge is 0.391 e. The highest BCUT2D eigenvalue weighted by Crippen LogP contribution is 2.26. The minimum Gasteiger partial charge on any atom is -0.391 e. The maximum absolute atomic E-state index is 12.7. The van der Waals surface area contributed by atoms with Crippen LogP contribution in [0, 0.1) is 0 Å². The molecule has 3 heterocycles. The second-order valence-corrected chi connectivity index (χ2v) is 8.19. The number of aliphatic hydroxyl groups is 1. The third-order valence-electron chi connectivity index (χ3n) is 6.28. The minimum atomic E-state index is -0.197. The second kappa shape index (κ2) is 9.85. The zero-order valence-corrected chi connectivity index (χ0v) is 16.6. The molecule has 0 spiro atoms. The van der Waals surface area contributed by atoms with Gasteiger partial charge in [0, 0.05) is 52.3 Å². The zero-order valence-electron chi connectivity index (χ0n) is 16.6. The van der Waals surface area contributed by atoms with Crippen molar-refractivity contribution in [2.24, 2.45) is 0 Å². The molecular formula is C20H35N3O4. The fraction of sp³-hybridized carbons (Fsp3) is 0.900. The SMILES string of the molecule is CC(=O)N1CCC[C@@H]1C(=O)N1CCCN(C2CCC2)CC1.OC1CCOC1. The number of nitrogens with zero attached hydrogens (tertiary/aromatic N) is 3. The number of aliphatic hydroxyl groups excluding tert-OH is 1. The van der Waals surface area contributed by atoms with E-state index in [2.05, 4.69) is 4.90 Å². The molecule has 0 aromatic rings. The zero-order chi connectivity index (χ0) is 19.2. The Morgan fingerprint density at radius 3 is 2.30 bits per heavy atom. The van der Waals surface area contributed by atoms with Gasteiger partial charge in [0.25, 0.3) is 0 Å². The third kappa shape index (κ3) is 5.42. The van der Waals surface area contributed by atoms with E-state index in [0.29, 0.717) is 6.61 Å². The monoisotopic (exact) mass is 381 g/mol. The fourth-order valence-corrected chi connectivity index (χ4v) is 4.41. The Bertz CT molecular complexity index is 505. The smallest absolute Gasteiger partial charge is 0.245 e. The van der Waals surface area contributed by atoms with E-state index in [9.17, 15) is 9.59 Å². The van der Waals surface area contributed by atoms with Gasteiger partial charge in [0.1, 0.15) is 6.04 Å². The van der Waals surface area contributed by atoms with E-state index in [1.165, 1.54) is 19.3 Å². The van der Waals surface area contributed by atoms with Crippen molar-refractivity contribution in [2.75, 3.05) is 45.9 Å². The first-order valence-corrected chi connectivity index (χ1v) is 10.6. The van der Waals surface area contributed by atoms with E-state index in [1.54, 1.807) is 11.8 Å². The number of carbonyl (C=O) groups excluding carboxylic acids is 2. The molecule has 7 heteroatoms. The van der Waals surface area contributed by atoms with Crippen LogP contribution < -0.4 is 0 Å². The molecule has 154 valence electrons. The fourth-order valence-electron chi connectivity index (χ4n) is 4.41. The number of ether oxygens (including phenoxy) is 1. The van der Waals surface area contributed by atoms with Crippen LogP contribution in [0.3, 0.4) is 0 Å². The lowest BCUT2D eigenvalue weighted by Crippen LogP contribution is -2.48. The quantitative estimate of drug-likeness (QED) is 0.768. The molecule has 4 aliphatic rings. The van der Waals surface area contributed by atoms with Gasteiger partial charge in [0.2, 0.25) is 11.8 Å². The highest BCUT2D eigenvalue weighted by atomic mass is 16.5. The van der Waals surface area contributed by atoms with Gasteiger partial charge >= 0.3 is 0 Å². The first-order valence-electron chi connectivity index (χ1n) is 10.6. The Hall–Kier alpha value is -1.18. The summed E-state index contributed by atoms with van der Waals surface area (Å²) in [6.45, 7) is 7.40. The Labute approximate surface area is 162 Å². The van der Waals surface area contributed by atoms with Gasteiger partial charge in [0.15, 0.2) is 0 Å². The lowest BCUT2D eigenvalue weighted by Gasteiger charge is -2.36. The third-order valence-corrected chi connectivity index (χ3v) is 6.28. The molecular weight excluding hydrogens is 346 g/mol. The summed E-state index contributed by atoms with van der Waals surface area (Å²) in [5.74, 6) is 0.218. The number of rotatable bonds is 2. The van der Waals surface area contributed by atoms with E-state index in [-0.39, 0.29) is 24.0 Å². The molecule has 0 bridgehead atoms. The highest BCUT2D eigenvalue weighted by Gasteiger charge is 2.36. The van der Waals surface area contributed by atoms with E-state index in [1.807, 2.05) is 4.90 Å². The molecule has 4 fully saturated rings. The average Bonchev–Trinajstić information content (AvgIpc) is 3.21. The molecule has 27 heavy (non-hydrogen) atoms. The summed E-state index contributed by atoms with van der Waals surface area (Å²) >= 11 is 0. The molecule has 0 radical (unpaired) electrons. The second-order valence-electron chi connectivity index (χ2n) is 8.19. The van der Waals surface area contributed by atoms with Crippen molar-refractivity contribution in [3.8, 4) is 0 Å². The van der Waals surface area contributed by atoms with Gasteiger partial charge in [-0.15, -0.1) is 0 Å². The molecule has 7 nitrogen and oxygen atoms in total. The van der Waals surface area contributed by atoms with Gasteiger partial charge in [-0.1, -0.05) is 6.42 Å². The van der Waals surface area contributed by atoms with Crippen molar-refractivity contribution in [3.63, 3.8) is 0 Å². The molecule has 4 rings (SSSR count). The summed E-state index contributed by atoms with van der Waals surface area (Å²) in [5, 5.41) is 8.60. The van der Waals surface area contributed by atoms with Gasteiger partial charge in [0.05, 0.1) is 12.7 Å². The van der Waals surface area contributed by atoms with Crippen LogP contribution in [0.1, 0.15) is 51.9 Å². The van der Waals surface area contributed by atoms with Crippen molar-refractivity contribution >= 4 is 11.8 Å². The van der Waals surface area contributed by atoms with Crippen LogP contribution in [-0.2, 0) is 14.3 Å².